The topological polar surface area (TPSA) is 80.5 Å². The molecule has 1 N–H and O–H groups in total. The molecular formula is C18H20N4O3. The Morgan fingerprint density at radius 2 is 2.12 bits per heavy atom. The molecule has 1 spiro atoms. The molecule has 1 amide bonds. The lowest BCUT2D eigenvalue weighted by atomic mass is 9.90. The minimum absolute atomic E-state index is 0.0522. The van der Waals surface area contributed by atoms with Crippen molar-refractivity contribution in [3.63, 3.8) is 0 Å². The van der Waals surface area contributed by atoms with Crippen LogP contribution in [0.5, 0.6) is 5.75 Å². The second kappa shape index (κ2) is 5.47. The average Bonchev–Trinajstić information content (AvgIpc) is 3.16. The molecule has 2 aliphatic heterocycles. The molecule has 2 aromatic rings. The van der Waals surface area contributed by atoms with Crippen molar-refractivity contribution in [3.8, 4) is 5.75 Å². The van der Waals surface area contributed by atoms with Gasteiger partial charge in [0.05, 0.1) is 6.54 Å². The first kappa shape index (κ1) is 14.7. The predicted molar refractivity (Wildman–Crippen MR) is 89.6 cm³/mol. The van der Waals surface area contributed by atoms with Gasteiger partial charge in [-0.05, 0) is 37.3 Å². The van der Waals surface area contributed by atoms with Crippen LogP contribution in [0.25, 0.3) is 0 Å². The summed E-state index contributed by atoms with van der Waals surface area (Å²) >= 11 is 0. The Kier molecular flexibility index (Phi) is 3.23. The van der Waals surface area contributed by atoms with E-state index in [1.54, 1.807) is 4.90 Å². The highest BCUT2D eigenvalue weighted by molar-refractivity contribution is 5.90. The van der Waals surface area contributed by atoms with Crippen molar-refractivity contribution in [1.29, 1.82) is 0 Å². The lowest BCUT2D eigenvalue weighted by Crippen LogP contribution is -2.43. The normalized spacial score (nSPS) is 24.9. The summed E-state index contributed by atoms with van der Waals surface area (Å²) in [6, 6.07) is 8.88. The average molecular weight is 340 g/mol. The molecule has 5 rings (SSSR count). The van der Waals surface area contributed by atoms with Gasteiger partial charge in [0.2, 0.25) is 0 Å². The van der Waals surface area contributed by atoms with Gasteiger partial charge in [-0.1, -0.05) is 23.3 Å². The number of aromatic nitrogens is 2. The van der Waals surface area contributed by atoms with E-state index < -0.39 is 0 Å². The van der Waals surface area contributed by atoms with E-state index >= 15 is 0 Å². The Morgan fingerprint density at radius 1 is 1.24 bits per heavy atom. The van der Waals surface area contributed by atoms with Crippen molar-refractivity contribution in [1.82, 2.24) is 15.1 Å². The monoisotopic (exact) mass is 340 g/mol. The quantitative estimate of drug-likeness (QED) is 0.923. The van der Waals surface area contributed by atoms with E-state index in [0.717, 1.165) is 37.9 Å². The number of aryl methyl sites for hydroxylation is 1. The molecule has 1 aliphatic carbocycles. The summed E-state index contributed by atoms with van der Waals surface area (Å²) in [4.78, 5) is 14.4. The van der Waals surface area contributed by atoms with Crippen molar-refractivity contribution in [2.45, 2.75) is 43.7 Å². The molecule has 3 aliphatic rings. The van der Waals surface area contributed by atoms with E-state index in [1.807, 2.05) is 18.2 Å². The number of carbonyl (C=O) groups is 1. The molecule has 25 heavy (non-hydrogen) atoms. The lowest BCUT2D eigenvalue weighted by molar-refractivity contribution is 0.0470. The van der Waals surface area contributed by atoms with Gasteiger partial charge in [0.25, 0.3) is 0 Å². The van der Waals surface area contributed by atoms with E-state index in [4.69, 9.17) is 9.15 Å². The molecule has 1 unspecified atom stereocenters. The second-order valence-electron chi connectivity index (χ2n) is 7.20. The molecular weight excluding hydrogens is 320 g/mol. The van der Waals surface area contributed by atoms with Crippen LogP contribution in [0.3, 0.4) is 0 Å². The fraction of sp³-hybridized carbons (Fsp3) is 0.500. The largest absolute Gasteiger partial charge is 0.485 e. The highest BCUT2D eigenvalue weighted by atomic mass is 16.5. The Balaban J connectivity index is 1.29. The summed E-state index contributed by atoms with van der Waals surface area (Å²) < 4.78 is 11.8. The van der Waals surface area contributed by atoms with Gasteiger partial charge in [0, 0.05) is 19.0 Å². The number of anilines is 1. The highest BCUT2D eigenvalue weighted by Crippen LogP contribution is 2.38. The van der Waals surface area contributed by atoms with E-state index in [2.05, 4.69) is 21.6 Å². The third-order valence-corrected chi connectivity index (χ3v) is 5.27. The summed E-state index contributed by atoms with van der Waals surface area (Å²) in [7, 11) is 0. The SMILES string of the molecule is O=C(c1nnc(NC2CC2)o1)N1CCC2(CCc3ccccc3O2)C1. The van der Waals surface area contributed by atoms with Crippen molar-refractivity contribution < 1.29 is 13.9 Å². The van der Waals surface area contributed by atoms with Crippen LogP contribution >= 0.6 is 0 Å². The number of fused-ring (bicyclic) bond motifs is 1. The van der Waals surface area contributed by atoms with Crippen molar-refractivity contribution >= 4 is 11.9 Å². The van der Waals surface area contributed by atoms with Crippen LogP contribution in [-0.4, -0.2) is 45.7 Å². The Bertz CT molecular complexity index is 816. The molecule has 1 saturated carbocycles. The first-order valence-electron chi connectivity index (χ1n) is 8.87. The van der Waals surface area contributed by atoms with Crippen molar-refractivity contribution in [2.24, 2.45) is 0 Å². The van der Waals surface area contributed by atoms with Crippen LogP contribution in [0.4, 0.5) is 6.01 Å². The molecule has 1 saturated heterocycles. The Hall–Kier alpha value is -2.57. The highest BCUT2D eigenvalue weighted by Gasteiger charge is 2.45. The molecule has 7 heteroatoms. The van der Waals surface area contributed by atoms with Gasteiger partial charge >= 0.3 is 17.8 Å². The number of hydrogen-bond donors (Lipinski definition) is 1. The fourth-order valence-electron chi connectivity index (χ4n) is 3.67. The predicted octanol–water partition coefficient (Wildman–Crippen LogP) is 2.25. The smallest absolute Gasteiger partial charge is 0.316 e. The summed E-state index contributed by atoms with van der Waals surface area (Å²) in [6.45, 7) is 1.21. The van der Waals surface area contributed by atoms with Crippen LogP contribution < -0.4 is 10.1 Å². The maximum Gasteiger partial charge on any atom is 0.316 e. The standard InChI is InChI=1S/C18H20N4O3/c23-16(15-20-21-17(24-15)19-13-5-6-13)22-10-9-18(11-22)8-7-12-3-1-2-4-14(12)25-18/h1-4,13H,5-11H2,(H,19,21). The minimum Gasteiger partial charge on any atom is -0.485 e. The first-order valence-corrected chi connectivity index (χ1v) is 8.87. The molecule has 1 atom stereocenters. The van der Waals surface area contributed by atoms with E-state index in [9.17, 15) is 4.79 Å². The Labute approximate surface area is 145 Å². The number of benzene rings is 1. The number of amides is 1. The number of carbonyl (C=O) groups excluding carboxylic acids is 1. The van der Waals surface area contributed by atoms with Crippen LogP contribution in [0, 0.1) is 0 Å². The zero-order valence-electron chi connectivity index (χ0n) is 13.9. The molecule has 1 aromatic heterocycles. The number of nitrogens with zero attached hydrogens (tertiary/aromatic N) is 3. The molecule has 0 bridgehead atoms. The zero-order valence-corrected chi connectivity index (χ0v) is 13.9. The molecule has 2 fully saturated rings. The van der Waals surface area contributed by atoms with E-state index in [-0.39, 0.29) is 17.4 Å². The fourth-order valence-corrected chi connectivity index (χ4v) is 3.67. The first-order chi connectivity index (χ1) is 12.2. The van der Waals surface area contributed by atoms with Crippen LogP contribution in [0.2, 0.25) is 0 Å². The number of likely N-dealkylation sites (tertiary alicyclic amines) is 1. The molecule has 130 valence electrons. The lowest BCUT2D eigenvalue weighted by Gasteiger charge is -2.35. The van der Waals surface area contributed by atoms with Crippen LogP contribution in [-0.2, 0) is 6.42 Å². The van der Waals surface area contributed by atoms with Gasteiger partial charge in [-0.3, -0.25) is 4.79 Å². The minimum atomic E-state index is -0.293. The molecule has 1 aromatic carbocycles. The molecule has 7 nitrogen and oxygen atoms in total. The maximum atomic E-state index is 12.7. The van der Waals surface area contributed by atoms with E-state index in [0.29, 0.717) is 25.1 Å². The van der Waals surface area contributed by atoms with Gasteiger partial charge in [0.1, 0.15) is 11.4 Å². The van der Waals surface area contributed by atoms with Gasteiger partial charge < -0.3 is 19.4 Å². The maximum absolute atomic E-state index is 12.7. The zero-order chi connectivity index (χ0) is 16.9. The number of para-hydroxylation sites is 1. The number of rotatable bonds is 3. The van der Waals surface area contributed by atoms with E-state index in [1.165, 1.54) is 5.56 Å². The Morgan fingerprint density at radius 3 is 3.00 bits per heavy atom. The van der Waals surface area contributed by atoms with Gasteiger partial charge in [-0.2, -0.15) is 0 Å². The van der Waals surface area contributed by atoms with Crippen molar-refractivity contribution in [2.75, 3.05) is 18.4 Å². The number of nitrogens with one attached hydrogen (secondary N) is 1. The summed E-state index contributed by atoms with van der Waals surface area (Å²) in [5, 5.41) is 10.9. The number of hydrogen-bond acceptors (Lipinski definition) is 6. The summed E-state index contributed by atoms with van der Waals surface area (Å²) in [5.41, 5.74) is 0.949. The van der Waals surface area contributed by atoms with Crippen LogP contribution in [0.1, 0.15) is 41.9 Å². The van der Waals surface area contributed by atoms with Crippen molar-refractivity contribution in [3.05, 3.63) is 35.7 Å². The van der Waals surface area contributed by atoms with Gasteiger partial charge in [-0.25, -0.2) is 0 Å². The van der Waals surface area contributed by atoms with Gasteiger partial charge in [0.15, 0.2) is 0 Å². The molecule has 0 radical (unpaired) electrons. The third kappa shape index (κ3) is 2.73. The summed E-state index contributed by atoms with van der Waals surface area (Å²) in [6.07, 6.45) is 4.95. The summed E-state index contributed by atoms with van der Waals surface area (Å²) in [5.74, 6) is 0.781. The third-order valence-electron chi connectivity index (χ3n) is 5.27. The molecule has 3 heterocycles. The van der Waals surface area contributed by atoms with Gasteiger partial charge in [-0.15, -0.1) is 5.10 Å². The number of ether oxygens (including phenoxy) is 1. The van der Waals surface area contributed by atoms with Crippen LogP contribution in [0.15, 0.2) is 28.7 Å². The second-order valence-corrected chi connectivity index (χ2v) is 7.20.